The maximum Gasteiger partial charge on any atom is 0.246 e. The Balaban J connectivity index is 3.41. The molecular formula is C11H16F2N2O3S. The average molecular weight is 294 g/mol. The number of aliphatic hydroxyl groups is 1. The molecule has 5 nitrogen and oxygen atoms in total. The Labute approximate surface area is 110 Å². The van der Waals surface area contributed by atoms with E-state index in [9.17, 15) is 17.2 Å². The van der Waals surface area contributed by atoms with Gasteiger partial charge in [0.1, 0.15) is 16.4 Å². The highest BCUT2D eigenvalue weighted by Gasteiger charge is 2.35. The molecule has 0 amide bonds. The van der Waals surface area contributed by atoms with E-state index in [4.69, 9.17) is 10.8 Å². The fraction of sp³-hybridized carbons (Fsp3) is 0.455. The normalized spacial score (nSPS) is 13.0. The summed E-state index contributed by atoms with van der Waals surface area (Å²) in [7, 11) is -3.03. The van der Waals surface area contributed by atoms with Gasteiger partial charge in [-0.15, -0.1) is 0 Å². The molecular weight excluding hydrogens is 278 g/mol. The lowest BCUT2D eigenvalue weighted by Gasteiger charge is -2.32. The lowest BCUT2D eigenvalue weighted by molar-refractivity contribution is 0.137. The number of nitrogens with two attached hydrogens (primary N) is 1. The summed E-state index contributed by atoms with van der Waals surface area (Å²) in [5.74, 6) is -2.36. The first kappa shape index (κ1) is 15.8. The van der Waals surface area contributed by atoms with Crippen LogP contribution >= 0.6 is 0 Å². The second-order valence-corrected chi connectivity index (χ2v) is 6.65. The average Bonchev–Trinajstić information content (AvgIpc) is 2.34. The number of likely N-dealkylation sites (N-methyl/N-ethyl adjacent to an activating group) is 1. The molecule has 0 fully saturated rings. The van der Waals surface area contributed by atoms with Gasteiger partial charge in [0.15, 0.2) is 5.82 Å². The standard InChI is InChI=1S/C11H16F2N2O3S/c1-11(2,6-16)15(3)19(17,18)8-5-4-7(12)10(14)9(8)13/h4-5,16H,6,14H2,1-3H3. The predicted molar refractivity (Wildman–Crippen MR) is 66.9 cm³/mol. The first-order valence-electron chi connectivity index (χ1n) is 5.39. The quantitative estimate of drug-likeness (QED) is 0.809. The highest BCUT2D eigenvalue weighted by atomic mass is 32.2. The van der Waals surface area contributed by atoms with E-state index in [2.05, 4.69) is 0 Å². The van der Waals surface area contributed by atoms with Crippen LogP contribution in [0.15, 0.2) is 17.0 Å². The van der Waals surface area contributed by atoms with Gasteiger partial charge in [0.25, 0.3) is 0 Å². The zero-order chi connectivity index (χ0) is 15.0. The van der Waals surface area contributed by atoms with Crippen molar-refractivity contribution in [1.29, 1.82) is 0 Å². The minimum absolute atomic E-state index is 0.457. The summed E-state index contributed by atoms with van der Waals surface area (Å²) >= 11 is 0. The molecule has 0 aliphatic rings. The number of benzene rings is 1. The molecule has 0 radical (unpaired) electrons. The molecule has 0 spiro atoms. The molecule has 0 saturated carbocycles. The van der Waals surface area contributed by atoms with Gasteiger partial charge in [-0.05, 0) is 26.0 Å². The minimum Gasteiger partial charge on any atom is -0.394 e. The summed E-state index contributed by atoms with van der Waals surface area (Å²) in [5.41, 5.74) is 3.16. The number of nitrogen functional groups attached to an aromatic ring is 1. The molecule has 1 rings (SSSR count). The van der Waals surface area contributed by atoms with E-state index in [0.29, 0.717) is 0 Å². The van der Waals surface area contributed by atoms with Gasteiger partial charge < -0.3 is 10.8 Å². The Morgan fingerprint density at radius 1 is 1.37 bits per heavy atom. The summed E-state index contributed by atoms with van der Waals surface area (Å²) in [4.78, 5) is -0.726. The number of anilines is 1. The minimum atomic E-state index is -4.23. The van der Waals surface area contributed by atoms with Gasteiger partial charge in [0.2, 0.25) is 10.0 Å². The highest BCUT2D eigenvalue weighted by molar-refractivity contribution is 7.89. The Morgan fingerprint density at radius 2 is 1.89 bits per heavy atom. The largest absolute Gasteiger partial charge is 0.394 e. The summed E-state index contributed by atoms with van der Waals surface area (Å²) in [5, 5.41) is 9.16. The molecule has 3 N–H and O–H groups in total. The van der Waals surface area contributed by atoms with Crippen LogP contribution in [0.3, 0.4) is 0 Å². The number of hydrogen-bond donors (Lipinski definition) is 2. The molecule has 19 heavy (non-hydrogen) atoms. The highest BCUT2D eigenvalue weighted by Crippen LogP contribution is 2.28. The molecule has 8 heteroatoms. The molecule has 0 aromatic heterocycles. The molecule has 0 unspecified atom stereocenters. The van der Waals surface area contributed by atoms with Crippen molar-refractivity contribution in [3.8, 4) is 0 Å². The maximum absolute atomic E-state index is 13.8. The fourth-order valence-corrected chi connectivity index (χ4v) is 2.90. The van der Waals surface area contributed by atoms with Crippen LogP contribution < -0.4 is 5.73 Å². The molecule has 1 aromatic rings. The van der Waals surface area contributed by atoms with Crippen molar-refractivity contribution < 1.29 is 22.3 Å². The Morgan fingerprint density at radius 3 is 2.37 bits per heavy atom. The molecule has 0 bridgehead atoms. The number of sulfonamides is 1. The zero-order valence-electron chi connectivity index (χ0n) is 10.8. The van der Waals surface area contributed by atoms with Gasteiger partial charge in [-0.2, -0.15) is 4.31 Å². The van der Waals surface area contributed by atoms with Crippen LogP contribution in [-0.4, -0.2) is 37.0 Å². The molecule has 0 aliphatic carbocycles. The number of aliphatic hydroxyl groups excluding tert-OH is 1. The lowest BCUT2D eigenvalue weighted by Crippen LogP contribution is -2.47. The van der Waals surface area contributed by atoms with Gasteiger partial charge in [0, 0.05) is 7.05 Å². The van der Waals surface area contributed by atoms with E-state index in [-0.39, 0.29) is 0 Å². The van der Waals surface area contributed by atoms with Crippen LogP contribution in [0, 0.1) is 11.6 Å². The molecule has 0 heterocycles. The van der Waals surface area contributed by atoms with Crippen molar-refractivity contribution in [2.24, 2.45) is 0 Å². The Bertz CT molecular complexity index is 588. The smallest absolute Gasteiger partial charge is 0.246 e. The zero-order valence-corrected chi connectivity index (χ0v) is 11.6. The van der Waals surface area contributed by atoms with Gasteiger partial charge >= 0.3 is 0 Å². The van der Waals surface area contributed by atoms with Crippen LogP contribution in [0.4, 0.5) is 14.5 Å². The Hall–Kier alpha value is -1.25. The molecule has 0 saturated heterocycles. The van der Waals surface area contributed by atoms with Crippen LogP contribution in [0.25, 0.3) is 0 Å². The van der Waals surface area contributed by atoms with Crippen LogP contribution in [0.5, 0.6) is 0 Å². The van der Waals surface area contributed by atoms with Crippen molar-refractivity contribution in [3.05, 3.63) is 23.8 Å². The number of rotatable bonds is 4. The van der Waals surface area contributed by atoms with Gasteiger partial charge in [-0.3, -0.25) is 0 Å². The van der Waals surface area contributed by atoms with Crippen LogP contribution in [0.1, 0.15) is 13.8 Å². The molecule has 108 valence electrons. The van der Waals surface area contributed by atoms with Crippen molar-refractivity contribution in [3.63, 3.8) is 0 Å². The van der Waals surface area contributed by atoms with Gasteiger partial charge in [0.05, 0.1) is 12.1 Å². The lowest BCUT2D eigenvalue weighted by atomic mass is 10.1. The first-order chi connectivity index (χ1) is 8.55. The number of hydrogen-bond acceptors (Lipinski definition) is 4. The monoisotopic (exact) mass is 294 g/mol. The van der Waals surface area contributed by atoms with E-state index < -0.39 is 44.4 Å². The summed E-state index contributed by atoms with van der Waals surface area (Å²) in [6.45, 7) is 2.48. The first-order valence-corrected chi connectivity index (χ1v) is 6.83. The Kier molecular flexibility index (Phi) is 4.18. The number of nitrogens with zero attached hydrogens (tertiary/aromatic N) is 1. The topological polar surface area (TPSA) is 83.6 Å². The van der Waals surface area contributed by atoms with E-state index >= 15 is 0 Å². The molecule has 0 atom stereocenters. The predicted octanol–water partition coefficient (Wildman–Crippen LogP) is 0.938. The maximum atomic E-state index is 13.8. The molecule has 0 aliphatic heterocycles. The summed E-state index contributed by atoms with van der Waals surface area (Å²) in [6, 6.07) is 1.59. The summed E-state index contributed by atoms with van der Waals surface area (Å²) in [6.07, 6.45) is 0. The third-order valence-corrected chi connectivity index (χ3v) is 5.06. The van der Waals surface area contributed by atoms with Crippen molar-refractivity contribution >= 4 is 15.7 Å². The third kappa shape index (κ3) is 2.70. The second kappa shape index (κ2) is 5.03. The van der Waals surface area contributed by atoms with Crippen molar-refractivity contribution in [2.45, 2.75) is 24.3 Å². The fourth-order valence-electron chi connectivity index (χ4n) is 1.32. The van der Waals surface area contributed by atoms with Gasteiger partial charge in [-0.1, -0.05) is 0 Å². The van der Waals surface area contributed by atoms with E-state index in [1.165, 1.54) is 20.9 Å². The summed E-state index contributed by atoms with van der Waals surface area (Å²) < 4.78 is 52.1. The number of halogens is 2. The van der Waals surface area contributed by atoms with Crippen LogP contribution in [0.2, 0.25) is 0 Å². The second-order valence-electron chi connectivity index (χ2n) is 4.72. The van der Waals surface area contributed by atoms with E-state index in [0.717, 1.165) is 16.4 Å². The SMILES string of the molecule is CN(C(C)(C)CO)S(=O)(=O)c1ccc(F)c(N)c1F. The van der Waals surface area contributed by atoms with Crippen LogP contribution in [-0.2, 0) is 10.0 Å². The van der Waals surface area contributed by atoms with E-state index in [1.54, 1.807) is 0 Å². The van der Waals surface area contributed by atoms with Crippen molar-refractivity contribution in [1.82, 2.24) is 4.31 Å². The van der Waals surface area contributed by atoms with Crippen molar-refractivity contribution in [2.75, 3.05) is 19.4 Å². The molecule has 1 aromatic carbocycles. The third-order valence-electron chi connectivity index (χ3n) is 2.97. The van der Waals surface area contributed by atoms with Gasteiger partial charge in [-0.25, -0.2) is 17.2 Å². The van der Waals surface area contributed by atoms with E-state index in [1.807, 2.05) is 0 Å².